The lowest BCUT2D eigenvalue weighted by Crippen LogP contribution is -2.33. The van der Waals surface area contributed by atoms with Crippen molar-refractivity contribution in [1.82, 2.24) is 4.90 Å². The van der Waals surface area contributed by atoms with Crippen molar-refractivity contribution in [3.8, 4) is 0 Å². The normalized spacial score (nSPS) is 16.0. The van der Waals surface area contributed by atoms with Crippen LogP contribution in [0.1, 0.15) is 56.0 Å². The second-order valence-electron chi connectivity index (χ2n) is 6.87. The third kappa shape index (κ3) is 5.62. The van der Waals surface area contributed by atoms with Gasteiger partial charge in [0.1, 0.15) is 6.61 Å². The number of benzene rings is 1. The molecule has 0 aromatic heterocycles. The molecule has 1 aliphatic rings. The maximum Gasteiger partial charge on any atom is 0.338 e. The molecule has 2 rings (SSSR count). The molecule has 0 unspecified atom stereocenters. The van der Waals surface area contributed by atoms with Crippen molar-refractivity contribution < 1.29 is 9.53 Å². The van der Waals surface area contributed by atoms with E-state index in [0.29, 0.717) is 12.2 Å². The Morgan fingerprint density at radius 2 is 1.68 bits per heavy atom. The minimum absolute atomic E-state index is 0. The lowest BCUT2D eigenvalue weighted by Gasteiger charge is -2.25. The van der Waals surface area contributed by atoms with Crippen LogP contribution in [0.2, 0.25) is 0 Å². The second kappa shape index (κ2) is 8.54. The predicted octanol–water partition coefficient (Wildman–Crippen LogP) is 4.05. The summed E-state index contributed by atoms with van der Waals surface area (Å²) in [5.74, 6) is -0.215. The van der Waals surface area contributed by atoms with Gasteiger partial charge in [0.25, 0.3) is 0 Å². The molecule has 0 atom stereocenters. The topological polar surface area (TPSA) is 29.5 Å². The Hall–Kier alpha value is -1.06. The van der Waals surface area contributed by atoms with E-state index in [9.17, 15) is 4.79 Å². The number of piperidine rings is 1. The minimum Gasteiger partial charge on any atom is -0.461 e. The number of likely N-dealkylation sites (tertiary alicyclic amines) is 1. The van der Waals surface area contributed by atoms with Crippen LogP contribution in [0, 0.1) is 0 Å². The molecule has 0 spiro atoms. The number of halogens is 1. The molecule has 1 aromatic carbocycles. The minimum atomic E-state index is -0.215. The van der Waals surface area contributed by atoms with Gasteiger partial charge >= 0.3 is 5.97 Å². The van der Waals surface area contributed by atoms with E-state index >= 15 is 0 Å². The largest absolute Gasteiger partial charge is 0.461 e. The maximum atomic E-state index is 12.0. The van der Waals surface area contributed by atoms with Gasteiger partial charge in [-0.1, -0.05) is 39.3 Å². The van der Waals surface area contributed by atoms with Crippen LogP contribution in [-0.2, 0) is 10.2 Å². The molecule has 124 valence electrons. The van der Waals surface area contributed by atoms with Crippen LogP contribution in [-0.4, -0.2) is 37.1 Å². The molecule has 22 heavy (non-hydrogen) atoms. The van der Waals surface area contributed by atoms with Gasteiger partial charge in [0.15, 0.2) is 0 Å². The molecule has 1 aliphatic heterocycles. The Kier molecular flexibility index (Phi) is 7.37. The van der Waals surface area contributed by atoms with E-state index in [1.165, 1.54) is 24.8 Å². The summed E-state index contributed by atoms with van der Waals surface area (Å²) in [5.41, 5.74) is 1.98. The van der Waals surface area contributed by atoms with Crippen LogP contribution in [0.5, 0.6) is 0 Å². The van der Waals surface area contributed by atoms with Crippen molar-refractivity contribution >= 4 is 18.4 Å². The molecular formula is C18H28ClNO2. The van der Waals surface area contributed by atoms with Crippen molar-refractivity contribution in [3.05, 3.63) is 35.4 Å². The van der Waals surface area contributed by atoms with Crippen LogP contribution in [0.4, 0.5) is 0 Å². The van der Waals surface area contributed by atoms with E-state index in [1.54, 1.807) is 0 Å². The molecule has 0 aliphatic carbocycles. The summed E-state index contributed by atoms with van der Waals surface area (Å²) in [6.07, 6.45) is 3.86. The van der Waals surface area contributed by atoms with E-state index in [0.717, 1.165) is 19.6 Å². The quantitative estimate of drug-likeness (QED) is 0.782. The molecular weight excluding hydrogens is 298 g/mol. The van der Waals surface area contributed by atoms with E-state index in [2.05, 4.69) is 25.7 Å². The molecule has 1 aromatic rings. The highest BCUT2D eigenvalue weighted by atomic mass is 35.5. The molecule has 0 amide bonds. The average molecular weight is 326 g/mol. The first kappa shape index (κ1) is 19.0. The lowest BCUT2D eigenvalue weighted by molar-refractivity contribution is 0.0452. The van der Waals surface area contributed by atoms with Crippen LogP contribution < -0.4 is 0 Å². The summed E-state index contributed by atoms with van der Waals surface area (Å²) in [4.78, 5) is 14.4. The highest BCUT2D eigenvalue weighted by molar-refractivity contribution is 5.89. The van der Waals surface area contributed by atoms with Crippen molar-refractivity contribution in [3.63, 3.8) is 0 Å². The SMILES string of the molecule is CC(C)(C)c1ccc(C(=O)OCCN2CCCCC2)cc1.Cl. The third-order valence-corrected chi connectivity index (χ3v) is 4.08. The number of carbonyl (C=O) groups is 1. The Morgan fingerprint density at radius 3 is 2.23 bits per heavy atom. The van der Waals surface area contributed by atoms with Gasteiger partial charge in [-0.25, -0.2) is 4.79 Å². The van der Waals surface area contributed by atoms with Crippen LogP contribution >= 0.6 is 12.4 Å². The summed E-state index contributed by atoms with van der Waals surface area (Å²) >= 11 is 0. The average Bonchev–Trinajstić information content (AvgIpc) is 2.47. The fourth-order valence-electron chi connectivity index (χ4n) is 2.64. The van der Waals surface area contributed by atoms with Gasteiger partial charge in [-0.15, -0.1) is 12.4 Å². The van der Waals surface area contributed by atoms with Gasteiger partial charge in [0, 0.05) is 6.54 Å². The van der Waals surface area contributed by atoms with Crippen molar-refractivity contribution in [2.75, 3.05) is 26.2 Å². The molecule has 1 saturated heterocycles. The smallest absolute Gasteiger partial charge is 0.338 e. The summed E-state index contributed by atoms with van der Waals surface area (Å²) in [5, 5.41) is 0. The Bertz CT molecular complexity index is 459. The summed E-state index contributed by atoms with van der Waals surface area (Å²) in [7, 11) is 0. The maximum absolute atomic E-state index is 12.0. The molecule has 4 heteroatoms. The third-order valence-electron chi connectivity index (χ3n) is 4.08. The predicted molar refractivity (Wildman–Crippen MR) is 93.0 cm³/mol. The molecule has 3 nitrogen and oxygen atoms in total. The zero-order valence-corrected chi connectivity index (χ0v) is 14.7. The fourth-order valence-corrected chi connectivity index (χ4v) is 2.64. The van der Waals surface area contributed by atoms with Crippen molar-refractivity contribution in [2.24, 2.45) is 0 Å². The molecule has 0 radical (unpaired) electrons. The number of hydrogen-bond donors (Lipinski definition) is 0. The van der Waals surface area contributed by atoms with Gasteiger partial charge in [0.05, 0.1) is 5.56 Å². The van der Waals surface area contributed by atoms with Gasteiger partial charge in [0.2, 0.25) is 0 Å². The molecule has 0 bridgehead atoms. The second-order valence-corrected chi connectivity index (χ2v) is 6.87. The Morgan fingerprint density at radius 1 is 1.09 bits per heavy atom. The summed E-state index contributed by atoms with van der Waals surface area (Å²) in [6, 6.07) is 7.76. The van der Waals surface area contributed by atoms with E-state index in [-0.39, 0.29) is 23.8 Å². The van der Waals surface area contributed by atoms with Gasteiger partial charge in [-0.3, -0.25) is 4.90 Å². The van der Waals surface area contributed by atoms with Gasteiger partial charge in [-0.2, -0.15) is 0 Å². The zero-order chi connectivity index (χ0) is 15.3. The lowest BCUT2D eigenvalue weighted by atomic mass is 9.87. The van der Waals surface area contributed by atoms with Crippen LogP contribution in [0.3, 0.4) is 0 Å². The van der Waals surface area contributed by atoms with Gasteiger partial charge < -0.3 is 4.74 Å². The fraction of sp³-hybridized carbons (Fsp3) is 0.611. The number of esters is 1. The first-order valence-corrected chi connectivity index (χ1v) is 7.97. The zero-order valence-electron chi connectivity index (χ0n) is 13.9. The van der Waals surface area contributed by atoms with Crippen LogP contribution in [0.25, 0.3) is 0 Å². The summed E-state index contributed by atoms with van der Waals surface area (Å²) in [6.45, 7) is 10.1. The Labute approximate surface area is 140 Å². The highest BCUT2D eigenvalue weighted by Gasteiger charge is 2.15. The number of nitrogens with zero attached hydrogens (tertiary/aromatic N) is 1. The number of carbonyl (C=O) groups excluding carboxylic acids is 1. The van der Waals surface area contributed by atoms with Crippen molar-refractivity contribution in [2.45, 2.75) is 45.4 Å². The summed E-state index contributed by atoms with van der Waals surface area (Å²) < 4.78 is 5.38. The number of hydrogen-bond acceptors (Lipinski definition) is 3. The Balaban J connectivity index is 0.00000242. The molecule has 1 heterocycles. The van der Waals surface area contributed by atoms with E-state index in [4.69, 9.17) is 4.74 Å². The first-order chi connectivity index (χ1) is 9.97. The highest BCUT2D eigenvalue weighted by Crippen LogP contribution is 2.22. The number of rotatable bonds is 4. The monoisotopic (exact) mass is 325 g/mol. The molecule has 0 saturated carbocycles. The van der Waals surface area contributed by atoms with Crippen molar-refractivity contribution in [1.29, 1.82) is 0 Å². The molecule has 1 fully saturated rings. The van der Waals surface area contributed by atoms with E-state index in [1.807, 2.05) is 24.3 Å². The molecule has 0 N–H and O–H groups in total. The standard InChI is InChI=1S/C18H27NO2.ClH/c1-18(2,3)16-9-7-15(8-10-16)17(20)21-14-13-19-11-5-4-6-12-19;/h7-10H,4-6,11-14H2,1-3H3;1H. The number of ether oxygens (including phenoxy) is 1. The first-order valence-electron chi connectivity index (χ1n) is 7.97. The van der Waals surface area contributed by atoms with Crippen LogP contribution in [0.15, 0.2) is 24.3 Å². The van der Waals surface area contributed by atoms with E-state index < -0.39 is 0 Å². The van der Waals surface area contributed by atoms with Gasteiger partial charge in [-0.05, 0) is 49.0 Å².